The zero-order valence-electron chi connectivity index (χ0n) is 18.8. The van der Waals surface area contributed by atoms with Crippen LogP contribution in [0, 0.1) is 0 Å². The van der Waals surface area contributed by atoms with Gasteiger partial charge in [0.15, 0.2) is 0 Å². The number of halogens is 4. The molecule has 4 atom stereocenters. The molecule has 0 aromatic carbocycles. The van der Waals surface area contributed by atoms with Gasteiger partial charge in [-0.2, -0.15) is 18.2 Å². The zero-order chi connectivity index (χ0) is 24.6. The smallest absolute Gasteiger partial charge is 0.385 e. The molecule has 3 aromatic rings. The van der Waals surface area contributed by atoms with Crippen LogP contribution in [-0.2, 0) is 4.74 Å². The van der Waals surface area contributed by atoms with Gasteiger partial charge in [-0.15, -0.1) is 0 Å². The Morgan fingerprint density at radius 2 is 1.97 bits per heavy atom. The van der Waals surface area contributed by atoms with Gasteiger partial charge in [-0.05, 0) is 26.3 Å². The molecule has 9 nitrogen and oxygen atoms in total. The second kappa shape index (κ2) is 9.29. The lowest BCUT2D eigenvalue weighted by Gasteiger charge is -2.33. The third-order valence-electron chi connectivity index (χ3n) is 5.80. The van der Waals surface area contributed by atoms with Crippen molar-refractivity contribution in [3.8, 4) is 0 Å². The average Bonchev–Trinajstić information content (AvgIpc) is 3.17. The van der Waals surface area contributed by atoms with Crippen LogP contribution in [0.1, 0.15) is 38.2 Å². The van der Waals surface area contributed by atoms with E-state index in [2.05, 4.69) is 25.3 Å². The number of hydrogen-bond acceptors (Lipinski definition) is 8. The van der Waals surface area contributed by atoms with E-state index in [4.69, 9.17) is 4.74 Å². The fourth-order valence-corrected chi connectivity index (χ4v) is 3.97. The summed E-state index contributed by atoms with van der Waals surface area (Å²) in [6, 6.07) is 1.08. The van der Waals surface area contributed by atoms with Crippen LogP contribution in [0.15, 0.2) is 24.5 Å². The first kappa shape index (κ1) is 24.1. The van der Waals surface area contributed by atoms with Crippen molar-refractivity contribution in [3.05, 3.63) is 30.4 Å². The Bertz CT molecular complexity index is 1150. The van der Waals surface area contributed by atoms with Gasteiger partial charge in [0.1, 0.15) is 41.3 Å². The maximum atomic E-state index is 14.3. The number of imidazole rings is 1. The van der Waals surface area contributed by atoms with Crippen LogP contribution < -0.4 is 10.2 Å². The van der Waals surface area contributed by atoms with E-state index >= 15 is 0 Å². The summed E-state index contributed by atoms with van der Waals surface area (Å²) in [5.41, 5.74) is 0.380. The van der Waals surface area contributed by atoms with Crippen LogP contribution in [-0.4, -0.2) is 68.3 Å². The molecule has 0 saturated carbocycles. The molecule has 1 fully saturated rings. The van der Waals surface area contributed by atoms with E-state index in [1.54, 1.807) is 11.0 Å². The van der Waals surface area contributed by atoms with Gasteiger partial charge in [-0.1, -0.05) is 0 Å². The summed E-state index contributed by atoms with van der Waals surface area (Å²) in [6.45, 7) is 2.96. The van der Waals surface area contributed by atoms with E-state index in [1.807, 2.05) is 0 Å². The van der Waals surface area contributed by atoms with Crippen LogP contribution in [0.2, 0.25) is 0 Å². The first-order chi connectivity index (χ1) is 16.1. The molecule has 34 heavy (non-hydrogen) atoms. The number of anilines is 3. The number of aromatic nitrogens is 5. The van der Waals surface area contributed by atoms with E-state index < -0.39 is 30.6 Å². The highest BCUT2D eigenvalue weighted by Gasteiger charge is 2.40. The lowest BCUT2D eigenvalue weighted by Crippen LogP contribution is -2.46. The van der Waals surface area contributed by atoms with Gasteiger partial charge in [0.05, 0.1) is 24.4 Å². The number of alkyl halides is 4. The molecule has 4 heterocycles. The minimum atomic E-state index is -4.54. The first-order valence-electron chi connectivity index (χ1n) is 10.7. The molecule has 2 N–H and O–H groups in total. The lowest BCUT2D eigenvalue weighted by molar-refractivity contribution is -0.163. The number of rotatable bonds is 6. The highest BCUT2D eigenvalue weighted by Crippen LogP contribution is 2.36. The highest BCUT2D eigenvalue weighted by atomic mass is 19.4. The number of aliphatic hydroxyl groups is 1. The molecule has 0 radical (unpaired) electrons. The fourth-order valence-electron chi connectivity index (χ4n) is 3.97. The van der Waals surface area contributed by atoms with Crippen LogP contribution >= 0.6 is 0 Å². The van der Waals surface area contributed by atoms with Gasteiger partial charge in [0.2, 0.25) is 5.95 Å². The highest BCUT2D eigenvalue weighted by molar-refractivity contribution is 5.79. The number of methoxy groups -OCH3 is 1. The van der Waals surface area contributed by atoms with Gasteiger partial charge in [0.25, 0.3) is 0 Å². The molecule has 1 aliphatic heterocycles. The largest absolute Gasteiger partial charge is 0.408 e. The van der Waals surface area contributed by atoms with Crippen LogP contribution in [0.25, 0.3) is 11.0 Å². The summed E-state index contributed by atoms with van der Waals surface area (Å²) < 4.78 is 60.9. The number of ether oxygens (including phenoxy) is 1. The molecule has 0 spiro atoms. The number of pyridine rings is 1. The van der Waals surface area contributed by atoms with Crippen LogP contribution in [0.4, 0.5) is 35.1 Å². The molecule has 0 aliphatic carbocycles. The Hall–Kier alpha value is -3.06. The second-order valence-electron chi connectivity index (χ2n) is 8.18. The van der Waals surface area contributed by atoms with E-state index in [0.29, 0.717) is 24.7 Å². The standard InChI is InChI=1S/C21H25F4N7O2/c1-11(33)19-28-14-9-27-18(8-15(14)32(19)12(2)21(23,24)25)29-17-4-6-26-20(30-17)31-7-5-16(34-3)13(22)10-31/h4,6,8-9,11-13,16,33H,5,7,10H2,1-3H3,(H,26,27,29,30)/t11-,12-,13+,16-/m0/s1. The minimum absolute atomic E-state index is 0.0861. The summed E-state index contributed by atoms with van der Waals surface area (Å²) in [5.74, 6) is 0.775. The molecule has 3 aromatic heterocycles. The number of aliphatic hydroxyl groups excluding tert-OH is 1. The molecule has 0 amide bonds. The number of nitrogens with zero attached hydrogens (tertiary/aromatic N) is 6. The summed E-state index contributed by atoms with van der Waals surface area (Å²) >= 11 is 0. The summed E-state index contributed by atoms with van der Waals surface area (Å²) in [6.07, 6.45) is -4.08. The Labute approximate surface area is 192 Å². The van der Waals surface area contributed by atoms with Crippen molar-refractivity contribution in [1.29, 1.82) is 0 Å². The molecule has 1 aliphatic rings. The van der Waals surface area contributed by atoms with Crippen LogP contribution in [0.5, 0.6) is 0 Å². The normalized spacial score (nSPS) is 21.0. The first-order valence-corrected chi connectivity index (χ1v) is 10.7. The minimum Gasteiger partial charge on any atom is -0.385 e. The number of piperidine rings is 1. The summed E-state index contributed by atoms with van der Waals surface area (Å²) in [7, 11) is 1.48. The monoisotopic (exact) mass is 483 g/mol. The molecule has 1 saturated heterocycles. The van der Waals surface area contributed by atoms with Gasteiger partial charge < -0.3 is 24.6 Å². The maximum Gasteiger partial charge on any atom is 0.408 e. The van der Waals surface area contributed by atoms with Crippen molar-refractivity contribution in [3.63, 3.8) is 0 Å². The third kappa shape index (κ3) is 4.75. The van der Waals surface area contributed by atoms with Crippen molar-refractivity contribution in [1.82, 2.24) is 24.5 Å². The van der Waals surface area contributed by atoms with E-state index in [1.165, 1.54) is 32.5 Å². The quantitative estimate of drug-likeness (QED) is 0.512. The van der Waals surface area contributed by atoms with Gasteiger partial charge in [0, 0.05) is 25.9 Å². The summed E-state index contributed by atoms with van der Waals surface area (Å²) in [4.78, 5) is 18.7. The Morgan fingerprint density at radius 3 is 2.62 bits per heavy atom. The molecule has 0 unspecified atom stereocenters. The predicted molar refractivity (Wildman–Crippen MR) is 117 cm³/mol. The second-order valence-corrected chi connectivity index (χ2v) is 8.18. The van der Waals surface area contributed by atoms with Crippen LogP contribution in [0.3, 0.4) is 0 Å². The number of fused-ring (bicyclic) bond motifs is 1. The van der Waals surface area contributed by atoms with Crippen molar-refractivity contribution < 1.29 is 27.4 Å². The topological polar surface area (TPSA) is 101 Å². The number of hydrogen-bond donors (Lipinski definition) is 2. The molecule has 13 heteroatoms. The van der Waals surface area contributed by atoms with Gasteiger partial charge >= 0.3 is 6.18 Å². The predicted octanol–water partition coefficient (Wildman–Crippen LogP) is 3.70. The SMILES string of the molecule is CO[C@H]1CCN(c2nccc(Nc3cc4c(cn3)nc([C@H](C)O)n4[C@@H](C)C(F)(F)F)n2)C[C@H]1F. The van der Waals surface area contributed by atoms with Gasteiger partial charge in [-0.3, -0.25) is 0 Å². The summed E-state index contributed by atoms with van der Waals surface area (Å²) in [5, 5.41) is 12.9. The molecule has 0 bridgehead atoms. The van der Waals surface area contributed by atoms with Crippen molar-refractivity contribution >= 4 is 28.6 Å². The Balaban J connectivity index is 1.62. The van der Waals surface area contributed by atoms with Gasteiger partial charge in [-0.25, -0.2) is 19.3 Å². The maximum absolute atomic E-state index is 14.3. The van der Waals surface area contributed by atoms with Crippen molar-refractivity contribution in [2.75, 3.05) is 30.4 Å². The number of nitrogens with one attached hydrogen (secondary N) is 1. The Kier molecular flexibility index (Phi) is 6.58. The van der Waals surface area contributed by atoms with E-state index in [-0.39, 0.29) is 29.2 Å². The van der Waals surface area contributed by atoms with E-state index in [9.17, 15) is 22.7 Å². The van der Waals surface area contributed by atoms with E-state index in [0.717, 1.165) is 11.5 Å². The molecular weight excluding hydrogens is 458 g/mol. The fraction of sp³-hybridized carbons (Fsp3) is 0.524. The third-order valence-corrected chi connectivity index (χ3v) is 5.80. The molecular formula is C21H25F4N7O2. The average molecular weight is 483 g/mol. The van der Waals surface area contributed by atoms with Crippen molar-refractivity contribution in [2.45, 2.75) is 50.9 Å². The lowest BCUT2D eigenvalue weighted by atomic mass is 10.1. The molecule has 4 rings (SSSR count). The van der Waals surface area contributed by atoms with Crippen molar-refractivity contribution in [2.24, 2.45) is 0 Å². The zero-order valence-corrected chi connectivity index (χ0v) is 18.8. The Morgan fingerprint density at radius 1 is 1.21 bits per heavy atom. The molecule has 184 valence electrons.